The van der Waals surface area contributed by atoms with Gasteiger partial charge in [0.2, 0.25) is 5.89 Å². The molecule has 29 heavy (non-hydrogen) atoms. The molecule has 2 aromatic carbocycles. The van der Waals surface area contributed by atoms with Gasteiger partial charge in [0.1, 0.15) is 17.3 Å². The van der Waals surface area contributed by atoms with Crippen molar-refractivity contribution in [3.8, 4) is 22.7 Å². The Bertz CT molecular complexity index is 1130. The van der Waals surface area contributed by atoms with Crippen LogP contribution in [0.4, 0.5) is 23.2 Å². The number of nitrogens with zero attached hydrogens (tertiary/aromatic N) is 5. The molecule has 0 fully saturated rings. The Balaban J connectivity index is 1.58. The minimum atomic E-state index is -2.98. The van der Waals surface area contributed by atoms with Crippen LogP contribution in [0.25, 0.3) is 22.7 Å². The fourth-order valence-corrected chi connectivity index (χ4v) is 2.64. The number of benzene rings is 2. The van der Waals surface area contributed by atoms with Gasteiger partial charge in [0, 0.05) is 22.4 Å². The molecule has 0 unspecified atom stereocenters. The summed E-state index contributed by atoms with van der Waals surface area (Å²) in [5.74, 6) is -3.17. The minimum absolute atomic E-state index is 0.149. The van der Waals surface area contributed by atoms with Gasteiger partial charge in [0.15, 0.2) is 0 Å². The molecule has 0 radical (unpaired) electrons. The summed E-state index contributed by atoms with van der Waals surface area (Å²) in [6.07, 6.45) is -1.45. The van der Waals surface area contributed by atoms with Crippen LogP contribution in [0.3, 0.4) is 0 Å². The Kier molecular flexibility index (Phi) is 4.71. The van der Waals surface area contributed by atoms with E-state index in [2.05, 4.69) is 20.5 Å². The number of nitrogen functional groups attached to an aromatic ring is 1. The highest BCUT2D eigenvalue weighted by Crippen LogP contribution is 2.27. The molecule has 0 spiro atoms. The summed E-state index contributed by atoms with van der Waals surface area (Å²) in [6, 6.07) is 8.75. The lowest BCUT2D eigenvalue weighted by Gasteiger charge is -2.06. The smallest absolute Gasteiger partial charge is 0.314 e. The zero-order valence-electron chi connectivity index (χ0n) is 14.6. The predicted molar refractivity (Wildman–Crippen MR) is 93.6 cm³/mol. The third-order valence-corrected chi connectivity index (χ3v) is 4.08. The number of nitrogens with two attached hydrogens (primary N) is 1. The summed E-state index contributed by atoms with van der Waals surface area (Å²) in [7, 11) is 0. The first kappa shape index (κ1) is 18.6. The quantitative estimate of drug-likeness (QED) is 0.401. The lowest BCUT2D eigenvalue weighted by atomic mass is 10.1. The molecule has 0 bridgehead atoms. The molecule has 0 aliphatic heterocycles. The molecule has 4 aromatic rings. The van der Waals surface area contributed by atoms with Crippen LogP contribution in [-0.4, -0.2) is 25.2 Å². The highest BCUT2D eigenvalue weighted by molar-refractivity contribution is 5.60. The number of alkyl halides is 2. The molecule has 0 saturated heterocycles. The molecular weight excluding hydrogens is 392 g/mol. The monoisotopic (exact) mass is 404 g/mol. The average Bonchev–Trinajstić information content (AvgIpc) is 3.35. The van der Waals surface area contributed by atoms with Gasteiger partial charge in [-0.05, 0) is 24.3 Å². The molecule has 7 nitrogen and oxygen atoms in total. The van der Waals surface area contributed by atoms with Crippen molar-refractivity contribution in [2.45, 2.75) is 13.0 Å². The van der Waals surface area contributed by atoms with E-state index >= 15 is 0 Å². The highest BCUT2D eigenvalue weighted by Gasteiger charge is 2.20. The lowest BCUT2D eigenvalue weighted by molar-refractivity contribution is 0.116. The SMILES string of the molecule is Nc1ccc(-c2cn(Cc3c(F)cc(-c4nnc(C(F)F)o4)cc3F)nn2)cc1. The van der Waals surface area contributed by atoms with Crippen molar-refractivity contribution in [1.29, 1.82) is 0 Å². The molecule has 2 aromatic heterocycles. The fourth-order valence-electron chi connectivity index (χ4n) is 2.64. The maximum absolute atomic E-state index is 14.5. The van der Waals surface area contributed by atoms with Gasteiger partial charge in [-0.15, -0.1) is 15.3 Å². The number of anilines is 1. The first-order chi connectivity index (χ1) is 13.9. The van der Waals surface area contributed by atoms with E-state index in [4.69, 9.17) is 10.2 Å². The molecule has 0 amide bonds. The van der Waals surface area contributed by atoms with E-state index in [1.54, 1.807) is 24.3 Å². The molecule has 148 valence electrons. The van der Waals surface area contributed by atoms with E-state index in [1.165, 1.54) is 10.9 Å². The lowest BCUT2D eigenvalue weighted by Crippen LogP contribution is -2.06. The maximum Gasteiger partial charge on any atom is 0.314 e. The van der Waals surface area contributed by atoms with Crippen molar-refractivity contribution in [3.63, 3.8) is 0 Å². The normalized spacial score (nSPS) is 11.3. The molecule has 2 heterocycles. The molecule has 0 atom stereocenters. The van der Waals surface area contributed by atoms with Crippen molar-refractivity contribution in [2.75, 3.05) is 5.73 Å². The molecule has 0 aliphatic rings. The van der Waals surface area contributed by atoms with Gasteiger partial charge in [-0.2, -0.15) is 8.78 Å². The Labute approximate surface area is 160 Å². The van der Waals surface area contributed by atoms with Crippen LogP contribution in [0.5, 0.6) is 0 Å². The molecular formula is C18H12F4N6O. The van der Waals surface area contributed by atoms with Crippen LogP contribution in [0.15, 0.2) is 47.0 Å². The van der Waals surface area contributed by atoms with Crippen LogP contribution in [0, 0.1) is 11.6 Å². The van der Waals surface area contributed by atoms with E-state index < -0.39 is 29.8 Å². The molecule has 4 rings (SSSR count). The second-order valence-electron chi connectivity index (χ2n) is 6.09. The summed E-state index contributed by atoms with van der Waals surface area (Å²) in [6.45, 7) is -0.230. The van der Waals surface area contributed by atoms with Crippen LogP contribution in [0.1, 0.15) is 17.9 Å². The van der Waals surface area contributed by atoms with Crippen LogP contribution >= 0.6 is 0 Å². The predicted octanol–water partition coefficient (Wildman–Crippen LogP) is 3.84. The third-order valence-electron chi connectivity index (χ3n) is 4.08. The Hall–Kier alpha value is -3.76. The Morgan fingerprint density at radius 2 is 1.66 bits per heavy atom. The van der Waals surface area contributed by atoms with Crippen molar-refractivity contribution in [2.24, 2.45) is 0 Å². The minimum Gasteiger partial charge on any atom is -0.415 e. The second-order valence-corrected chi connectivity index (χ2v) is 6.09. The third kappa shape index (κ3) is 3.79. The highest BCUT2D eigenvalue weighted by atomic mass is 19.3. The average molecular weight is 404 g/mol. The van der Waals surface area contributed by atoms with E-state index in [1.807, 2.05) is 0 Å². The first-order valence-electron chi connectivity index (χ1n) is 8.26. The first-order valence-corrected chi connectivity index (χ1v) is 8.26. The summed E-state index contributed by atoms with van der Waals surface area (Å²) in [5, 5.41) is 14.4. The largest absolute Gasteiger partial charge is 0.415 e. The van der Waals surface area contributed by atoms with Gasteiger partial charge in [-0.25, -0.2) is 13.5 Å². The van der Waals surface area contributed by atoms with Crippen molar-refractivity contribution in [1.82, 2.24) is 25.2 Å². The maximum atomic E-state index is 14.5. The van der Waals surface area contributed by atoms with Gasteiger partial charge < -0.3 is 10.2 Å². The van der Waals surface area contributed by atoms with Gasteiger partial charge in [0.25, 0.3) is 5.89 Å². The van der Waals surface area contributed by atoms with Gasteiger partial charge in [-0.3, -0.25) is 0 Å². The summed E-state index contributed by atoms with van der Waals surface area (Å²) < 4.78 is 60.0. The number of aromatic nitrogens is 5. The second kappa shape index (κ2) is 7.34. The van der Waals surface area contributed by atoms with Gasteiger partial charge in [0.05, 0.1) is 12.7 Å². The van der Waals surface area contributed by atoms with Crippen molar-refractivity contribution < 1.29 is 22.0 Å². The zero-order valence-corrected chi connectivity index (χ0v) is 14.6. The van der Waals surface area contributed by atoms with Gasteiger partial charge >= 0.3 is 6.43 Å². The number of hydrogen-bond acceptors (Lipinski definition) is 6. The zero-order chi connectivity index (χ0) is 20.5. The molecule has 0 saturated carbocycles. The van der Waals surface area contributed by atoms with Crippen LogP contribution in [-0.2, 0) is 6.54 Å². The van der Waals surface area contributed by atoms with E-state index in [0.717, 1.165) is 17.7 Å². The number of hydrogen-bond donors (Lipinski definition) is 1. The van der Waals surface area contributed by atoms with E-state index in [9.17, 15) is 17.6 Å². The topological polar surface area (TPSA) is 95.7 Å². The van der Waals surface area contributed by atoms with E-state index in [0.29, 0.717) is 11.4 Å². The van der Waals surface area contributed by atoms with Crippen LogP contribution < -0.4 is 5.73 Å². The number of rotatable bonds is 5. The number of halogens is 4. The van der Waals surface area contributed by atoms with Crippen LogP contribution in [0.2, 0.25) is 0 Å². The summed E-state index contributed by atoms with van der Waals surface area (Å²) in [5.41, 5.74) is 7.05. The molecule has 2 N–H and O–H groups in total. The Morgan fingerprint density at radius 1 is 0.966 bits per heavy atom. The summed E-state index contributed by atoms with van der Waals surface area (Å²) >= 11 is 0. The van der Waals surface area contributed by atoms with Crippen molar-refractivity contribution >= 4 is 5.69 Å². The Morgan fingerprint density at radius 3 is 2.28 bits per heavy atom. The van der Waals surface area contributed by atoms with Gasteiger partial charge in [-0.1, -0.05) is 17.3 Å². The van der Waals surface area contributed by atoms with Crippen molar-refractivity contribution in [3.05, 3.63) is 65.7 Å². The standard InChI is InChI=1S/C18H12F4N6O/c19-13-5-10(17-25-26-18(29-17)16(21)22)6-14(20)12(13)7-28-8-15(24-27-28)9-1-3-11(23)4-2-9/h1-6,8,16H,7,23H2. The molecule has 0 aliphatic carbocycles. The molecule has 11 heteroatoms. The summed E-state index contributed by atoms with van der Waals surface area (Å²) in [4.78, 5) is 0. The van der Waals surface area contributed by atoms with E-state index in [-0.39, 0.29) is 17.7 Å². The fraction of sp³-hybridized carbons (Fsp3) is 0.111.